The third-order valence-electron chi connectivity index (χ3n) is 3.36. The van der Waals surface area contributed by atoms with Crippen LogP contribution in [-0.4, -0.2) is 42.6 Å². The third kappa shape index (κ3) is 3.35. The van der Waals surface area contributed by atoms with Crippen molar-refractivity contribution in [2.24, 2.45) is 5.41 Å². The van der Waals surface area contributed by atoms with E-state index >= 15 is 0 Å². The molecule has 2 fully saturated rings. The van der Waals surface area contributed by atoms with Gasteiger partial charge in [0.1, 0.15) is 6.04 Å². The van der Waals surface area contributed by atoms with Crippen LogP contribution in [0.1, 0.15) is 19.8 Å². The van der Waals surface area contributed by atoms with Crippen molar-refractivity contribution in [3.63, 3.8) is 0 Å². The maximum Gasteiger partial charge on any atom is 0.279 e. The van der Waals surface area contributed by atoms with E-state index in [4.69, 9.17) is 0 Å². The van der Waals surface area contributed by atoms with Gasteiger partial charge in [-0.2, -0.15) is 0 Å². The smallest absolute Gasteiger partial charge is 0.279 e. The number of piperidine rings is 1. The Hall–Kier alpha value is -0.750. The fraction of sp³-hybridized carbons (Fsp3) is 0.818. The molecule has 0 bridgehead atoms. The van der Waals surface area contributed by atoms with E-state index in [2.05, 4.69) is 22.9 Å². The first-order valence-corrected chi connectivity index (χ1v) is 6.99. The number of hydrogen-bond donors (Lipinski definition) is 3. The summed E-state index contributed by atoms with van der Waals surface area (Å²) in [6.07, 6.45) is 2.29. The summed E-state index contributed by atoms with van der Waals surface area (Å²) in [6.45, 7) is 4.87. The molecule has 2 rings (SSSR count). The van der Waals surface area contributed by atoms with Gasteiger partial charge < -0.3 is 16.0 Å². The van der Waals surface area contributed by atoms with Crippen molar-refractivity contribution in [2.75, 3.05) is 25.4 Å². The molecule has 0 spiro atoms. The molecule has 96 valence electrons. The highest BCUT2D eigenvalue weighted by atomic mass is 32.2. The number of amides is 2. The van der Waals surface area contributed by atoms with Gasteiger partial charge in [-0.05, 0) is 24.8 Å². The Balaban J connectivity index is 1.77. The Bertz CT molecular complexity index is 316. The molecule has 2 unspecified atom stereocenters. The maximum absolute atomic E-state index is 11.8. The van der Waals surface area contributed by atoms with Crippen LogP contribution in [0.2, 0.25) is 0 Å². The Morgan fingerprint density at radius 2 is 2.47 bits per heavy atom. The van der Waals surface area contributed by atoms with Crippen molar-refractivity contribution in [1.29, 1.82) is 0 Å². The van der Waals surface area contributed by atoms with Crippen LogP contribution in [0.25, 0.3) is 0 Å². The second-order valence-electron chi connectivity index (χ2n) is 5.10. The van der Waals surface area contributed by atoms with E-state index in [0.29, 0.717) is 12.3 Å². The molecule has 0 aromatic carbocycles. The maximum atomic E-state index is 11.8. The molecule has 6 heteroatoms. The fourth-order valence-corrected chi connectivity index (χ4v) is 3.00. The van der Waals surface area contributed by atoms with Crippen LogP contribution < -0.4 is 16.0 Å². The van der Waals surface area contributed by atoms with Gasteiger partial charge in [-0.25, -0.2) is 0 Å². The van der Waals surface area contributed by atoms with Crippen molar-refractivity contribution < 1.29 is 9.59 Å². The van der Waals surface area contributed by atoms with Crippen LogP contribution in [0.5, 0.6) is 0 Å². The number of rotatable bonds is 3. The number of hydrogen-bond acceptors (Lipinski definition) is 4. The Morgan fingerprint density at radius 1 is 1.65 bits per heavy atom. The molecule has 5 nitrogen and oxygen atoms in total. The quantitative estimate of drug-likeness (QED) is 0.681. The topological polar surface area (TPSA) is 70.2 Å². The van der Waals surface area contributed by atoms with E-state index in [1.54, 1.807) is 0 Å². The second-order valence-corrected chi connectivity index (χ2v) is 6.10. The highest BCUT2D eigenvalue weighted by molar-refractivity contribution is 8.14. The molecule has 2 aliphatic heterocycles. The largest absolute Gasteiger partial charge is 0.354 e. The highest BCUT2D eigenvalue weighted by Crippen LogP contribution is 2.24. The molecule has 0 aliphatic carbocycles. The molecule has 0 aromatic heterocycles. The molecule has 2 atom stereocenters. The summed E-state index contributed by atoms with van der Waals surface area (Å²) in [4.78, 5) is 22.8. The van der Waals surface area contributed by atoms with E-state index in [1.165, 1.54) is 11.8 Å². The van der Waals surface area contributed by atoms with Gasteiger partial charge in [-0.3, -0.25) is 9.59 Å². The SMILES string of the molecule is CC1(CNC(=O)C2CSC(=O)N2)CCCNC1. The molecule has 2 aliphatic rings. The van der Waals surface area contributed by atoms with Crippen LogP contribution in [0.15, 0.2) is 0 Å². The zero-order valence-corrected chi connectivity index (χ0v) is 10.9. The summed E-state index contributed by atoms with van der Waals surface area (Å²) in [5.41, 5.74) is 0.143. The molecule has 2 saturated heterocycles. The minimum absolute atomic E-state index is 0.0600. The van der Waals surface area contributed by atoms with Crippen molar-refractivity contribution in [3.8, 4) is 0 Å². The van der Waals surface area contributed by atoms with Gasteiger partial charge in [0.15, 0.2) is 0 Å². The molecular formula is C11H19N3O2S. The fourth-order valence-electron chi connectivity index (χ4n) is 2.22. The molecule has 2 amide bonds. The number of thioether (sulfide) groups is 1. The summed E-state index contributed by atoms with van der Waals surface area (Å²) < 4.78 is 0. The molecule has 0 aromatic rings. The van der Waals surface area contributed by atoms with Gasteiger partial charge in [0, 0.05) is 18.8 Å². The number of nitrogens with one attached hydrogen (secondary N) is 3. The summed E-state index contributed by atoms with van der Waals surface area (Å²) >= 11 is 1.17. The summed E-state index contributed by atoms with van der Waals surface area (Å²) in [5, 5.41) is 8.85. The van der Waals surface area contributed by atoms with Crippen molar-refractivity contribution in [1.82, 2.24) is 16.0 Å². The van der Waals surface area contributed by atoms with Gasteiger partial charge in [0.25, 0.3) is 5.24 Å². The van der Waals surface area contributed by atoms with Crippen molar-refractivity contribution in [3.05, 3.63) is 0 Å². The predicted octanol–water partition coefficient (Wildman–Crippen LogP) is 0.317. The van der Waals surface area contributed by atoms with Crippen LogP contribution in [-0.2, 0) is 4.79 Å². The lowest BCUT2D eigenvalue weighted by Gasteiger charge is -2.34. The molecule has 2 heterocycles. The summed E-state index contributed by atoms with van der Waals surface area (Å²) in [7, 11) is 0. The van der Waals surface area contributed by atoms with E-state index in [-0.39, 0.29) is 22.6 Å². The number of carbonyl (C=O) groups excluding carboxylic acids is 2. The van der Waals surface area contributed by atoms with E-state index in [0.717, 1.165) is 25.9 Å². The first-order chi connectivity index (χ1) is 8.09. The van der Waals surface area contributed by atoms with E-state index in [1.807, 2.05) is 0 Å². The van der Waals surface area contributed by atoms with Gasteiger partial charge in [-0.15, -0.1) is 0 Å². The van der Waals surface area contributed by atoms with Crippen LogP contribution in [0.3, 0.4) is 0 Å². The summed E-state index contributed by atoms with van der Waals surface area (Å²) in [5.74, 6) is 0.481. The van der Waals surface area contributed by atoms with E-state index < -0.39 is 0 Å². The standard InChI is InChI=1S/C11H19N3O2S/c1-11(3-2-4-12-6-11)7-13-9(15)8-5-17-10(16)14-8/h8,12H,2-7H2,1H3,(H,13,15)(H,14,16). The second kappa shape index (κ2) is 5.27. The lowest BCUT2D eigenvalue weighted by atomic mass is 9.83. The Labute approximate surface area is 105 Å². The van der Waals surface area contributed by atoms with Crippen molar-refractivity contribution in [2.45, 2.75) is 25.8 Å². The minimum Gasteiger partial charge on any atom is -0.354 e. The molecule has 3 N–H and O–H groups in total. The monoisotopic (exact) mass is 257 g/mol. The Morgan fingerprint density at radius 3 is 3.06 bits per heavy atom. The molecule has 0 saturated carbocycles. The van der Waals surface area contributed by atoms with Gasteiger partial charge >= 0.3 is 0 Å². The summed E-state index contributed by atoms with van der Waals surface area (Å²) in [6, 6.07) is -0.354. The predicted molar refractivity (Wildman–Crippen MR) is 68.0 cm³/mol. The number of carbonyl (C=O) groups is 2. The average Bonchev–Trinajstić information content (AvgIpc) is 2.74. The zero-order valence-electron chi connectivity index (χ0n) is 10.0. The highest BCUT2D eigenvalue weighted by Gasteiger charge is 2.31. The van der Waals surface area contributed by atoms with E-state index in [9.17, 15) is 9.59 Å². The van der Waals surface area contributed by atoms with Gasteiger partial charge in [0.05, 0.1) is 0 Å². The molecule has 17 heavy (non-hydrogen) atoms. The first-order valence-electron chi connectivity index (χ1n) is 6.01. The van der Waals surface area contributed by atoms with Crippen molar-refractivity contribution >= 4 is 22.9 Å². The molecular weight excluding hydrogens is 238 g/mol. The lowest BCUT2D eigenvalue weighted by molar-refractivity contribution is -0.122. The normalized spacial score (nSPS) is 33.2. The van der Waals surface area contributed by atoms with Gasteiger partial charge in [0.2, 0.25) is 5.91 Å². The lowest BCUT2D eigenvalue weighted by Crippen LogP contribution is -2.50. The Kier molecular flexibility index (Phi) is 3.93. The third-order valence-corrected chi connectivity index (χ3v) is 4.24. The van der Waals surface area contributed by atoms with Gasteiger partial charge in [-0.1, -0.05) is 18.7 Å². The average molecular weight is 257 g/mol. The molecule has 0 radical (unpaired) electrons. The van der Waals surface area contributed by atoms with Crippen LogP contribution in [0, 0.1) is 5.41 Å². The zero-order chi connectivity index (χ0) is 12.3. The van der Waals surface area contributed by atoms with Crippen LogP contribution >= 0.6 is 11.8 Å². The minimum atomic E-state index is -0.354. The van der Waals surface area contributed by atoms with Crippen LogP contribution in [0.4, 0.5) is 4.79 Å². The first kappa shape index (κ1) is 12.7.